The molecule has 0 radical (unpaired) electrons. The van der Waals surface area contributed by atoms with Gasteiger partial charge in [-0.3, -0.25) is 0 Å². The Morgan fingerprint density at radius 3 is 2.58 bits per heavy atom. The predicted molar refractivity (Wildman–Crippen MR) is 49.2 cm³/mol. The fourth-order valence-electron chi connectivity index (χ4n) is 2.31. The molecular weight excluding hydrogens is 150 g/mol. The molecule has 0 amide bonds. The SMILES string of the molecule is CC(C)CN1CC[C@@]2(CCO2)C1. The maximum absolute atomic E-state index is 5.65. The summed E-state index contributed by atoms with van der Waals surface area (Å²) in [7, 11) is 0. The van der Waals surface area contributed by atoms with E-state index >= 15 is 0 Å². The second-order valence-corrected chi connectivity index (χ2v) is 4.66. The van der Waals surface area contributed by atoms with Gasteiger partial charge in [0, 0.05) is 26.1 Å². The molecule has 2 rings (SSSR count). The Labute approximate surface area is 74.9 Å². The minimum atomic E-state index is 0.300. The van der Waals surface area contributed by atoms with E-state index in [1.165, 1.54) is 32.5 Å². The van der Waals surface area contributed by atoms with Gasteiger partial charge in [0.15, 0.2) is 0 Å². The Morgan fingerprint density at radius 1 is 1.42 bits per heavy atom. The van der Waals surface area contributed by atoms with Crippen LogP contribution in [-0.4, -0.2) is 36.7 Å². The average molecular weight is 169 g/mol. The van der Waals surface area contributed by atoms with Crippen LogP contribution < -0.4 is 0 Å². The van der Waals surface area contributed by atoms with Crippen molar-refractivity contribution in [3.05, 3.63) is 0 Å². The second-order valence-electron chi connectivity index (χ2n) is 4.66. The smallest absolute Gasteiger partial charge is 0.0842 e. The molecule has 2 heteroatoms. The second kappa shape index (κ2) is 3.00. The van der Waals surface area contributed by atoms with Crippen molar-refractivity contribution in [1.29, 1.82) is 0 Å². The van der Waals surface area contributed by atoms with Crippen molar-refractivity contribution in [3.8, 4) is 0 Å². The van der Waals surface area contributed by atoms with Crippen LogP contribution in [0.1, 0.15) is 26.7 Å². The van der Waals surface area contributed by atoms with Crippen LogP contribution in [0.3, 0.4) is 0 Å². The fourth-order valence-corrected chi connectivity index (χ4v) is 2.31. The van der Waals surface area contributed by atoms with Crippen molar-refractivity contribution in [3.63, 3.8) is 0 Å². The molecule has 2 nitrogen and oxygen atoms in total. The Morgan fingerprint density at radius 2 is 2.17 bits per heavy atom. The number of likely N-dealkylation sites (tertiary alicyclic amines) is 1. The molecule has 2 aliphatic rings. The summed E-state index contributed by atoms with van der Waals surface area (Å²) in [4.78, 5) is 2.55. The van der Waals surface area contributed by atoms with Crippen LogP contribution in [0.4, 0.5) is 0 Å². The first-order chi connectivity index (χ1) is 5.70. The Bertz CT molecular complexity index is 163. The zero-order valence-electron chi connectivity index (χ0n) is 8.18. The molecule has 0 aromatic carbocycles. The molecule has 2 fully saturated rings. The molecule has 70 valence electrons. The standard InChI is InChI=1S/C10H19NO/c1-9(2)7-11-5-3-10(8-11)4-6-12-10/h9H,3-8H2,1-2H3/t10-/m1/s1. The largest absolute Gasteiger partial charge is 0.373 e. The molecule has 1 atom stereocenters. The summed E-state index contributed by atoms with van der Waals surface area (Å²) in [5.74, 6) is 0.792. The van der Waals surface area contributed by atoms with Gasteiger partial charge < -0.3 is 9.64 Å². The summed E-state index contributed by atoms with van der Waals surface area (Å²) in [5.41, 5.74) is 0.300. The quantitative estimate of drug-likeness (QED) is 0.621. The van der Waals surface area contributed by atoms with Gasteiger partial charge in [-0.15, -0.1) is 0 Å². The number of rotatable bonds is 2. The van der Waals surface area contributed by atoms with Gasteiger partial charge in [-0.2, -0.15) is 0 Å². The normalized spacial score (nSPS) is 36.2. The third kappa shape index (κ3) is 1.50. The lowest BCUT2D eigenvalue weighted by atomic mass is 9.94. The van der Waals surface area contributed by atoms with Crippen LogP contribution in [0.25, 0.3) is 0 Å². The van der Waals surface area contributed by atoms with Gasteiger partial charge in [0.05, 0.1) is 12.2 Å². The maximum atomic E-state index is 5.65. The van der Waals surface area contributed by atoms with Gasteiger partial charge in [-0.1, -0.05) is 13.8 Å². The van der Waals surface area contributed by atoms with E-state index in [9.17, 15) is 0 Å². The molecule has 2 heterocycles. The van der Waals surface area contributed by atoms with E-state index in [0.717, 1.165) is 12.5 Å². The summed E-state index contributed by atoms with van der Waals surface area (Å²) in [6, 6.07) is 0. The zero-order valence-corrected chi connectivity index (χ0v) is 8.18. The molecule has 12 heavy (non-hydrogen) atoms. The highest BCUT2D eigenvalue weighted by molar-refractivity contribution is 4.96. The van der Waals surface area contributed by atoms with Gasteiger partial charge >= 0.3 is 0 Å². The zero-order chi connectivity index (χ0) is 8.60. The summed E-state index contributed by atoms with van der Waals surface area (Å²) >= 11 is 0. The Balaban J connectivity index is 1.81. The molecule has 0 aromatic heterocycles. The molecule has 0 aliphatic carbocycles. The van der Waals surface area contributed by atoms with Gasteiger partial charge in [0.25, 0.3) is 0 Å². The predicted octanol–water partition coefficient (Wildman–Crippen LogP) is 1.51. The van der Waals surface area contributed by atoms with E-state index in [4.69, 9.17) is 4.74 Å². The highest BCUT2D eigenvalue weighted by Gasteiger charge is 2.44. The van der Waals surface area contributed by atoms with Gasteiger partial charge in [0.2, 0.25) is 0 Å². The van der Waals surface area contributed by atoms with E-state index in [1.807, 2.05) is 0 Å². The molecule has 1 spiro atoms. The molecule has 0 saturated carbocycles. The molecule has 0 aromatic rings. The van der Waals surface area contributed by atoms with E-state index in [-0.39, 0.29) is 0 Å². The lowest BCUT2D eigenvalue weighted by Crippen LogP contribution is -2.46. The molecule has 0 bridgehead atoms. The lowest BCUT2D eigenvalue weighted by molar-refractivity contribution is -0.137. The van der Waals surface area contributed by atoms with Crippen LogP contribution in [0, 0.1) is 5.92 Å². The fraction of sp³-hybridized carbons (Fsp3) is 1.00. The Kier molecular flexibility index (Phi) is 2.13. The third-order valence-electron chi connectivity index (χ3n) is 2.98. The van der Waals surface area contributed by atoms with Crippen LogP contribution in [0.2, 0.25) is 0 Å². The minimum absolute atomic E-state index is 0.300. The molecule has 2 aliphatic heterocycles. The number of nitrogens with zero attached hydrogens (tertiary/aromatic N) is 1. The van der Waals surface area contributed by atoms with Crippen molar-refractivity contribution in [2.75, 3.05) is 26.2 Å². The molecule has 0 unspecified atom stereocenters. The summed E-state index contributed by atoms with van der Waals surface area (Å²) in [5, 5.41) is 0. The molecular formula is C10H19NO. The molecule has 2 saturated heterocycles. The van der Waals surface area contributed by atoms with Gasteiger partial charge in [0.1, 0.15) is 0 Å². The average Bonchev–Trinajstić information content (AvgIpc) is 2.29. The Hall–Kier alpha value is -0.0800. The van der Waals surface area contributed by atoms with E-state index in [1.54, 1.807) is 0 Å². The van der Waals surface area contributed by atoms with E-state index in [2.05, 4.69) is 18.7 Å². The van der Waals surface area contributed by atoms with Crippen LogP contribution in [-0.2, 0) is 4.74 Å². The first kappa shape index (κ1) is 8.52. The van der Waals surface area contributed by atoms with Gasteiger partial charge in [-0.05, 0) is 12.3 Å². The van der Waals surface area contributed by atoms with E-state index in [0.29, 0.717) is 5.60 Å². The summed E-state index contributed by atoms with van der Waals surface area (Å²) in [6.07, 6.45) is 2.56. The minimum Gasteiger partial charge on any atom is -0.373 e. The summed E-state index contributed by atoms with van der Waals surface area (Å²) in [6.45, 7) is 9.24. The van der Waals surface area contributed by atoms with Crippen LogP contribution >= 0.6 is 0 Å². The van der Waals surface area contributed by atoms with Crippen LogP contribution in [0.5, 0.6) is 0 Å². The van der Waals surface area contributed by atoms with Crippen molar-refractivity contribution < 1.29 is 4.74 Å². The van der Waals surface area contributed by atoms with E-state index < -0.39 is 0 Å². The third-order valence-corrected chi connectivity index (χ3v) is 2.98. The van der Waals surface area contributed by atoms with Crippen molar-refractivity contribution >= 4 is 0 Å². The highest BCUT2D eigenvalue weighted by atomic mass is 16.5. The molecule has 0 N–H and O–H groups in total. The topological polar surface area (TPSA) is 12.5 Å². The van der Waals surface area contributed by atoms with Crippen molar-refractivity contribution in [2.45, 2.75) is 32.3 Å². The first-order valence-corrected chi connectivity index (χ1v) is 5.07. The van der Waals surface area contributed by atoms with Crippen molar-refractivity contribution in [2.24, 2.45) is 5.92 Å². The number of hydrogen-bond donors (Lipinski definition) is 0. The number of ether oxygens (including phenoxy) is 1. The first-order valence-electron chi connectivity index (χ1n) is 5.07. The maximum Gasteiger partial charge on any atom is 0.0842 e. The highest BCUT2D eigenvalue weighted by Crippen LogP contribution is 2.35. The lowest BCUT2D eigenvalue weighted by Gasteiger charge is -2.38. The summed E-state index contributed by atoms with van der Waals surface area (Å²) < 4.78 is 5.65. The number of hydrogen-bond acceptors (Lipinski definition) is 2. The van der Waals surface area contributed by atoms with Crippen molar-refractivity contribution in [1.82, 2.24) is 4.90 Å². The monoisotopic (exact) mass is 169 g/mol. The van der Waals surface area contributed by atoms with Gasteiger partial charge in [-0.25, -0.2) is 0 Å². The van der Waals surface area contributed by atoms with Crippen LogP contribution in [0.15, 0.2) is 0 Å².